The van der Waals surface area contributed by atoms with E-state index >= 15 is 0 Å². The third-order valence-corrected chi connectivity index (χ3v) is 6.31. The molecule has 178 valence electrons. The van der Waals surface area contributed by atoms with Crippen LogP contribution in [0.4, 0.5) is 0 Å². The molecule has 0 aliphatic rings. The van der Waals surface area contributed by atoms with Gasteiger partial charge >= 0.3 is 17.2 Å². The van der Waals surface area contributed by atoms with Gasteiger partial charge in [0.15, 0.2) is 0 Å². The standard InChI is InChI=1S/C26H30.H4O5P2/c1-25(2,3)22-16-17-23(24(18-22)26(4,5)6)21-14-12-20(13-15-21)19-10-8-7-9-11-19;1-6(2)5-7(3)4/h7-18H,1-6H3;1-4H. The van der Waals surface area contributed by atoms with Gasteiger partial charge in [-0.3, -0.25) is 0 Å². The summed E-state index contributed by atoms with van der Waals surface area (Å²) < 4.78 is 3.60. The average molecular weight is 489 g/mol. The van der Waals surface area contributed by atoms with Crippen molar-refractivity contribution in [2.75, 3.05) is 0 Å². The van der Waals surface area contributed by atoms with E-state index in [0.717, 1.165) is 0 Å². The molecule has 5 nitrogen and oxygen atoms in total. The van der Waals surface area contributed by atoms with Crippen molar-refractivity contribution in [3.05, 3.63) is 83.9 Å². The van der Waals surface area contributed by atoms with E-state index in [4.69, 9.17) is 19.6 Å². The fourth-order valence-electron chi connectivity index (χ4n) is 3.42. The van der Waals surface area contributed by atoms with Crippen LogP contribution in [0.2, 0.25) is 0 Å². The van der Waals surface area contributed by atoms with Crippen molar-refractivity contribution in [1.82, 2.24) is 0 Å². The Morgan fingerprint density at radius 1 is 0.576 bits per heavy atom. The molecule has 3 rings (SSSR count). The SMILES string of the molecule is CC(C)(C)c1ccc(-c2ccc(-c3ccccc3)cc2)c(C(C)(C)C)c1.OP(O)OP(O)O. The predicted octanol–water partition coefficient (Wildman–Crippen LogP) is 7.04. The van der Waals surface area contributed by atoms with Crippen molar-refractivity contribution >= 4 is 17.2 Å². The second kappa shape index (κ2) is 11.6. The minimum Gasteiger partial charge on any atom is -0.328 e. The van der Waals surface area contributed by atoms with Gasteiger partial charge in [-0.2, -0.15) is 0 Å². The van der Waals surface area contributed by atoms with Gasteiger partial charge in [-0.05, 0) is 44.2 Å². The highest BCUT2D eigenvalue weighted by atomic mass is 31.2. The van der Waals surface area contributed by atoms with Gasteiger partial charge in [0.1, 0.15) is 0 Å². The Kier molecular flexibility index (Phi) is 9.72. The monoisotopic (exact) mass is 488 g/mol. The van der Waals surface area contributed by atoms with Crippen LogP contribution in [0.15, 0.2) is 72.8 Å². The summed E-state index contributed by atoms with van der Waals surface area (Å²) in [4.78, 5) is 31.3. The lowest BCUT2D eigenvalue weighted by molar-refractivity contribution is 0.324. The third kappa shape index (κ3) is 8.55. The van der Waals surface area contributed by atoms with Gasteiger partial charge in [-0.15, -0.1) is 0 Å². The smallest absolute Gasteiger partial charge is 0.328 e. The number of hydrogen-bond donors (Lipinski definition) is 4. The fraction of sp³-hybridized carbons (Fsp3) is 0.308. The Morgan fingerprint density at radius 2 is 1.06 bits per heavy atom. The van der Waals surface area contributed by atoms with Crippen LogP contribution in [0.1, 0.15) is 52.7 Å². The zero-order valence-electron chi connectivity index (χ0n) is 20.0. The van der Waals surface area contributed by atoms with Gasteiger partial charge in [0.25, 0.3) is 0 Å². The summed E-state index contributed by atoms with van der Waals surface area (Å²) in [6.45, 7) is 13.7. The molecule has 0 saturated carbocycles. The minimum absolute atomic E-state index is 0.106. The predicted molar refractivity (Wildman–Crippen MR) is 139 cm³/mol. The largest absolute Gasteiger partial charge is 0.334 e. The highest BCUT2D eigenvalue weighted by Gasteiger charge is 2.22. The van der Waals surface area contributed by atoms with Gasteiger partial charge in [0, 0.05) is 0 Å². The Morgan fingerprint density at radius 3 is 1.48 bits per heavy atom. The molecule has 0 bridgehead atoms. The molecule has 0 aromatic heterocycles. The second-order valence-corrected chi connectivity index (χ2v) is 11.5. The Bertz CT molecular complexity index is 1000. The summed E-state index contributed by atoms with van der Waals surface area (Å²) in [6.07, 6.45) is 0. The first-order valence-corrected chi connectivity index (χ1v) is 13.0. The molecule has 3 aromatic carbocycles. The summed E-state index contributed by atoms with van der Waals surface area (Å²) >= 11 is 0. The minimum atomic E-state index is -2.61. The van der Waals surface area contributed by atoms with E-state index in [1.165, 1.54) is 33.4 Å². The van der Waals surface area contributed by atoms with E-state index in [1.54, 1.807) is 0 Å². The molecular formula is C26H34O5P2. The number of rotatable bonds is 4. The van der Waals surface area contributed by atoms with E-state index < -0.39 is 17.2 Å². The van der Waals surface area contributed by atoms with Crippen LogP contribution >= 0.6 is 17.2 Å². The molecule has 0 atom stereocenters. The zero-order valence-corrected chi connectivity index (χ0v) is 21.8. The van der Waals surface area contributed by atoms with E-state index in [0.29, 0.717) is 0 Å². The molecule has 0 aliphatic carbocycles. The molecular weight excluding hydrogens is 454 g/mol. The van der Waals surface area contributed by atoms with Gasteiger partial charge < -0.3 is 19.6 Å². The van der Waals surface area contributed by atoms with Crippen LogP contribution in [-0.4, -0.2) is 19.6 Å². The highest BCUT2D eigenvalue weighted by molar-refractivity contribution is 7.53. The third-order valence-electron chi connectivity index (χ3n) is 5.14. The molecule has 3 aromatic rings. The number of hydrogen-bond acceptors (Lipinski definition) is 5. The molecule has 0 fully saturated rings. The molecule has 33 heavy (non-hydrogen) atoms. The molecule has 0 heterocycles. The number of benzene rings is 3. The molecule has 0 aliphatic heterocycles. The van der Waals surface area contributed by atoms with Crippen LogP contribution in [0.5, 0.6) is 0 Å². The highest BCUT2D eigenvalue weighted by Crippen LogP contribution is 2.41. The topological polar surface area (TPSA) is 90.2 Å². The van der Waals surface area contributed by atoms with Crippen LogP contribution < -0.4 is 0 Å². The Labute approximate surface area is 199 Å². The van der Waals surface area contributed by atoms with Gasteiger partial charge in [0.2, 0.25) is 0 Å². The quantitative estimate of drug-likeness (QED) is 0.296. The van der Waals surface area contributed by atoms with Gasteiger partial charge in [-0.1, -0.05) is 114 Å². The first-order valence-electron chi connectivity index (χ1n) is 10.6. The first kappa shape index (κ1) is 27.6. The molecule has 0 saturated heterocycles. The van der Waals surface area contributed by atoms with Crippen LogP contribution in [-0.2, 0) is 15.1 Å². The van der Waals surface area contributed by atoms with E-state index in [1.807, 2.05) is 0 Å². The van der Waals surface area contributed by atoms with Crippen molar-refractivity contribution in [2.45, 2.75) is 52.4 Å². The zero-order chi connectivity index (χ0) is 24.8. The summed E-state index contributed by atoms with van der Waals surface area (Å²) in [5.41, 5.74) is 8.23. The van der Waals surface area contributed by atoms with Crippen molar-refractivity contribution in [2.24, 2.45) is 0 Å². The fourth-order valence-corrected chi connectivity index (χ4v) is 3.94. The van der Waals surface area contributed by atoms with E-state index in [2.05, 4.69) is 119 Å². The van der Waals surface area contributed by atoms with E-state index in [-0.39, 0.29) is 10.8 Å². The molecule has 7 heteroatoms. The molecule has 0 radical (unpaired) electrons. The van der Waals surface area contributed by atoms with Crippen molar-refractivity contribution in [3.63, 3.8) is 0 Å². The van der Waals surface area contributed by atoms with Crippen molar-refractivity contribution in [1.29, 1.82) is 0 Å². The summed E-state index contributed by atoms with van der Waals surface area (Å²) in [5, 5.41) is 0. The normalized spacial score (nSPS) is 12.0. The van der Waals surface area contributed by atoms with E-state index in [9.17, 15) is 0 Å². The summed E-state index contributed by atoms with van der Waals surface area (Å²) in [5.74, 6) is 0. The van der Waals surface area contributed by atoms with Gasteiger partial charge in [-0.25, -0.2) is 4.31 Å². The van der Waals surface area contributed by atoms with Crippen molar-refractivity contribution in [3.8, 4) is 22.3 Å². The molecule has 0 spiro atoms. The lowest BCUT2D eigenvalue weighted by atomic mass is 9.77. The summed E-state index contributed by atoms with van der Waals surface area (Å²) in [7, 11) is -5.22. The molecule has 4 N–H and O–H groups in total. The second-order valence-electron chi connectivity index (χ2n) is 9.79. The Hall–Kier alpha value is -1.68. The maximum absolute atomic E-state index is 7.82. The Balaban J connectivity index is 0.000000479. The maximum atomic E-state index is 7.82. The summed E-state index contributed by atoms with van der Waals surface area (Å²) in [6, 6.07) is 26.5. The lowest BCUT2D eigenvalue weighted by Crippen LogP contribution is -2.17. The molecule has 0 unspecified atom stereocenters. The van der Waals surface area contributed by atoms with Crippen LogP contribution in [0.3, 0.4) is 0 Å². The average Bonchev–Trinajstić information content (AvgIpc) is 2.72. The van der Waals surface area contributed by atoms with Crippen LogP contribution in [0.25, 0.3) is 22.3 Å². The maximum Gasteiger partial charge on any atom is 0.334 e. The van der Waals surface area contributed by atoms with Crippen molar-refractivity contribution < 1.29 is 23.9 Å². The first-order chi connectivity index (χ1) is 15.3. The van der Waals surface area contributed by atoms with Crippen LogP contribution in [0, 0.1) is 0 Å². The molecule has 0 amide bonds. The van der Waals surface area contributed by atoms with Gasteiger partial charge in [0.05, 0.1) is 0 Å². The lowest BCUT2D eigenvalue weighted by Gasteiger charge is -2.27.